The second kappa shape index (κ2) is 9.42. The van der Waals surface area contributed by atoms with E-state index in [0.717, 1.165) is 52.8 Å². The molecular formula is C30H33BrN2O2. The van der Waals surface area contributed by atoms with Crippen molar-refractivity contribution < 1.29 is 9.53 Å². The van der Waals surface area contributed by atoms with Crippen molar-refractivity contribution >= 4 is 27.5 Å². The summed E-state index contributed by atoms with van der Waals surface area (Å²) in [5.74, 6) is 1.02. The number of methoxy groups -OCH3 is 1. The number of amides is 1. The molecule has 0 N–H and O–H groups in total. The molecule has 3 fully saturated rings. The van der Waals surface area contributed by atoms with Crippen LogP contribution in [0.15, 0.2) is 65.4 Å². The molecule has 1 aromatic heterocycles. The van der Waals surface area contributed by atoms with Gasteiger partial charge in [-0.1, -0.05) is 34.1 Å². The highest BCUT2D eigenvalue weighted by Crippen LogP contribution is 2.58. The minimum atomic E-state index is 0.0607. The molecule has 0 unspecified atom stereocenters. The van der Waals surface area contributed by atoms with E-state index in [-0.39, 0.29) is 16.7 Å². The number of hydrogen-bond donors (Lipinski definition) is 0. The number of aromatic nitrogens is 1. The number of carbonyl (C=O) groups excluding carboxylic acids is 1. The molecule has 2 bridgehead atoms. The number of anilines is 1. The number of benzene rings is 2. The first-order valence-corrected chi connectivity index (χ1v) is 13.3. The summed E-state index contributed by atoms with van der Waals surface area (Å²) in [6.07, 6.45) is 10.4. The van der Waals surface area contributed by atoms with Crippen LogP contribution in [0.4, 0.5) is 5.69 Å². The lowest BCUT2D eigenvalue weighted by molar-refractivity contribution is 0.0441. The zero-order valence-electron chi connectivity index (χ0n) is 20.8. The van der Waals surface area contributed by atoms with E-state index in [1.165, 1.54) is 30.4 Å². The van der Waals surface area contributed by atoms with Crippen LogP contribution < -0.4 is 9.64 Å². The summed E-state index contributed by atoms with van der Waals surface area (Å²) in [7, 11) is 1.74. The van der Waals surface area contributed by atoms with Gasteiger partial charge in [0, 0.05) is 34.7 Å². The van der Waals surface area contributed by atoms with Crippen molar-refractivity contribution in [2.45, 2.75) is 57.8 Å². The molecule has 0 spiro atoms. The van der Waals surface area contributed by atoms with Crippen LogP contribution in [-0.2, 0) is 5.41 Å². The minimum absolute atomic E-state index is 0.0607. The first-order chi connectivity index (χ1) is 16.8. The number of carbonyl (C=O) groups is 1. The monoisotopic (exact) mass is 532 g/mol. The van der Waals surface area contributed by atoms with Gasteiger partial charge in [0.15, 0.2) is 0 Å². The van der Waals surface area contributed by atoms with Crippen LogP contribution in [0.1, 0.15) is 65.6 Å². The van der Waals surface area contributed by atoms with E-state index in [9.17, 15) is 4.79 Å². The Hall–Kier alpha value is -2.66. The SMILES string of the molecule is COc1ccc(C23CCC(CN(C(=O)c4ccncc4C)c4cccc(Br)c4)(CC2)CC3)cc1C. The normalized spacial score (nSPS) is 23.2. The van der Waals surface area contributed by atoms with Crippen LogP contribution in [0, 0.1) is 19.3 Å². The van der Waals surface area contributed by atoms with E-state index in [1.54, 1.807) is 19.5 Å². The van der Waals surface area contributed by atoms with E-state index < -0.39 is 0 Å². The Kier molecular flexibility index (Phi) is 6.47. The number of rotatable bonds is 6. The van der Waals surface area contributed by atoms with E-state index in [2.05, 4.69) is 52.1 Å². The zero-order chi connectivity index (χ0) is 24.6. The summed E-state index contributed by atoms with van der Waals surface area (Å²) >= 11 is 3.61. The van der Waals surface area contributed by atoms with Crippen LogP contribution in [0.3, 0.4) is 0 Å². The molecule has 0 aliphatic heterocycles. The first-order valence-electron chi connectivity index (χ1n) is 12.5. The third-order valence-corrected chi connectivity index (χ3v) is 9.01. The van der Waals surface area contributed by atoms with Crippen LogP contribution in [0.2, 0.25) is 0 Å². The van der Waals surface area contributed by atoms with Gasteiger partial charge in [-0.2, -0.15) is 0 Å². The second-order valence-corrected chi connectivity index (χ2v) is 11.4. The first kappa shape index (κ1) is 24.1. The molecule has 0 atom stereocenters. The minimum Gasteiger partial charge on any atom is -0.496 e. The van der Waals surface area contributed by atoms with E-state index in [1.807, 2.05) is 36.1 Å². The lowest BCUT2D eigenvalue weighted by Crippen LogP contribution is -2.50. The summed E-state index contributed by atoms with van der Waals surface area (Å²) in [6, 6.07) is 16.7. The molecule has 3 aromatic rings. The van der Waals surface area contributed by atoms with Gasteiger partial charge in [-0.05, 0) is 110 Å². The van der Waals surface area contributed by atoms with Gasteiger partial charge >= 0.3 is 0 Å². The maximum Gasteiger partial charge on any atom is 0.258 e. The van der Waals surface area contributed by atoms with Gasteiger partial charge in [-0.25, -0.2) is 0 Å². The fraction of sp³-hybridized carbons (Fsp3) is 0.400. The molecule has 5 heteroatoms. The lowest BCUT2D eigenvalue weighted by atomic mass is 9.51. The zero-order valence-corrected chi connectivity index (χ0v) is 22.4. The summed E-state index contributed by atoms with van der Waals surface area (Å²) in [4.78, 5) is 20.1. The lowest BCUT2D eigenvalue weighted by Gasteiger charge is -2.55. The Morgan fingerprint density at radius 2 is 1.74 bits per heavy atom. The van der Waals surface area contributed by atoms with Gasteiger partial charge in [0.25, 0.3) is 5.91 Å². The number of halogens is 1. The highest BCUT2D eigenvalue weighted by molar-refractivity contribution is 9.10. The smallest absolute Gasteiger partial charge is 0.258 e. The molecule has 0 saturated heterocycles. The molecule has 2 aromatic carbocycles. The van der Waals surface area contributed by atoms with Crippen LogP contribution in [-0.4, -0.2) is 24.5 Å². The Bertz CT molecular complexity index is 1230. The average Bonchev–Trinajstić information content (AvgIpc) is 2.88. The van der Waals surface area contributed by atoms with Crippen molar-refractivity contribution in [2.75, 3.05) is 18.6 Å². The quantitative estimate of drug-likeness (QED) is 0.331. The summed E-state index contributed by atoms with van der Waals surface area (Å²) in [5.41, 5.74) is 5.66. The van der Waals surface area contributed by atoms with Crippen LogP contribution in [0.25, 0.3) is 0 Å². The van der Waals surface area contributed by atoms with E-state index >= 15 is 0 Å². The predicted molar refractivity (Wildman–Crippen MR) is 144 cm³/mol. The fourth-order valence-electron chi connectivity index (χ4n) is 6.26. The summed E-state index contributed by atoms with van der Waals surface area (Å²) in [5, 5.41) is 0. The third kappa shape index (κ3) is 4.51. The topological polar surface area (TPSA) is 42.4 Å². The highest BCUT2D eigenvalue weighted by atomic mass is 79.9. The molecular weight excluding hydrogens is 500 g/mol. The number of ether oxygens (including phenoxy) is 1. The Morgan fingerprint density at radius 3 is 2.37 bits per heavy atom. The molecule has 35 heavy (non-hydrogen) atoms. The highest BCUT2D eigenvalue weighted by Gasteiger charge is 2.50. The molecule has 182 valence electrons. The molecule has 1 amide bonds. The number of nitrogens with zero attached hydrogens (tertiary/aromatic N) is 2. The number of hydrogen-bond acceptors (Lipinski definition) is 3. The largest absolute Gasteiger partial charge is 0.496 e. The van der Waals surface area contributed by atoms with E-state index in [4.69, 9.17) is 4.74 Å². The Labute approximate surface area is 216 Å². The van der Waals surface area contributed by atoms with Gasteiger partial charge < -0.3 is 9.64 Å². The average molecular weight is 534 g/mol. The molecule has 3 aliphatic carbocycles. The predicted octanol–water partition coefficient (Wildman–Crippen LogP) is 7.41. The number of aryl methyl sites for hydroxylation is 2. The van der Waals surface area contributed by atoms with Crippen LogP contribution >= 0.6 is 15.9 Å². The van der Waals surface area contributed by atoms with Gasteiger partial charge in [0.2, 0.25) is 0 Å². The second-order valence-electron chi connectivity index (χ2n) is 10.5. The fourth-order valence-corrected chi connectivity index (χ4v) is 6.65. The molecule has 3 saturated carbocycles. The van der Waals surface area contributed by atoms with Gasteiger partial charge in [0.05, 0.1) is 7.11 Å². The molecule has 0 radical (unpaired) electrons. The maximum absolute atomic E-state index is 13.9. The summed E-state index contributed by atoms with van der Waals surface area (Å²) < 4.78 is 6.48. The van der Waals surface area contributed by atoms with Crippen molar-refractivity contribution in [2.24, 2.45) is 5.41 Å². The summed E-state index contributed by atoms with van der Waals surface area (Å²) in [6.45, 7) is 4.85. The van der Waals surface area contributed by atoms with Crippen molar-refractivity contribution in [3.8, 4) is 5.75 Å². The van der Waals surface area contributed by atoms with E-state index in [0.29, 0.717) is 0 Å². The Balaban J connectivity index is 1.42. The molecule has 3 aliphatic rings. The number of fused-ring (bicyclic) bond motifs is 3. The van der Waals surface area contributed by atoms with Gasteiger partial charge in [-0.15, -0.1) is 0 Å². The Morgan fingerprint density at radius 1 is 1.00 bits per heavy atom. The van der Waals surface area contributed by atoms with Crippen LogP contribution in [0.5, 0.6) is 5.75 Å². The molecule has 4 nitrogen and oxygen atoms in total. The number of pyridine rings is 1. The van der Waals surface area contributed by atoms with Crippen molar-refractivity contribution in [3.05, 3.63) is 87.7 Å². The third-order valence-electron chi connectivity index (χ3n) is 8.52. The van der Waals surface area contributed by atoms with Crippen molar-refractivity contribution in [1.82, 2.24) is 4.98 Å². The molecule has 1 heterocycles. The van der Waals surface area contributed by atoms with Gasteiger partial charge in [-0.3, -0.25) is 9.78 Å². The van der Waals surface area contributed by atoms with Gasteiger partial charge in [0.1, 0.15) is 5.75 Å². The molecule has 6 rings (SSSR count). The van der Waals surface area contributed by atoms with Crippen molar-refractivity contribution in [1.29, 1.82) is 0 Å². The maximum atomic E-state index is 13.9. The van der Waals surface area contributed by atoms with Crippen molar-refractivity contribution in [3.63, 3.8) is 0 Å². The standard InChI is InChI=1S/C30H33BrN2O2/c1-21-17-23(7-8-27(21)35-3)30-13-10-29(11-14-30,12-15-30)20-33(25-6-4-5-24(31)18-25)28(34)26-9-16-32-19-22(26)2/h4-9,16-19H,10-15,20H2,1-3H3.